The van der Waals surface area contributed by atoms with Crippen LogP contribution < -0.4 is 5.32 Å². The first kappa shape index (κ1) is 16.4. The number of rotatable bonds is 8. The highest BCUT2D eigenvalue weighted by atomic mass is 35.5. The minimum atomic E-state index is -0.208. The Morgan fingerprint density at radius 2 is 2.11 bits per heavy atom. The molecule has 0 fully saturated rings. The second-order valence-electron chi connectivity index (χ2n) is 5.18. The number of nitrogens with one attached hydrogen (secondary N) is 1. The Labute approximate surface area is 120 Å². The summed E-state index contributed by atoms with van der Waals surface area (Å²) in [4.78, 5) is 2.15. The smallest absolute Gasteiger partial charge is 0.127 e. The summed E-state index contributed by atoms with van der Waals surface area (Å²) in [6.07, 6.45) is 2.80. The summed E-state index contributed by atoms with van der Waals surface area (Å²) in [5, 5.41) is 3.94. The standard InChI is InChI=1S/C15H24ClFN2/c1-4-8-18-14(7-9-19(2)3)10-12-5-6-13(16)11-15(12)17/h5-6,11,14,18H,4,7-10H2,1-3H3. The van der Waals surface area contributed by atoms with Crippen LogP contribution in [0.3, 0.4) is 0 Å². The van der Waals surface area contributed by atoms with Gasteiger partial charge in [0.15, 0.2) is 0 Å². The first-order valence-corrected chi connectivity index (χ1v) is 7.22. The van der Waals surface area contributed by atoms with Crippen molar-refractivity contribution in [1.29, 1.82) is 0 Å². The Balaban J connectivity index is 2.63. The molecule has 0 spiro atoms. The number of hydrogen-bond donors (Lipinski definition) is 1. The maximum atomic E-state index is 13.8. The van der Waals surface area contributed by atoms with Crippen LogP contribution in [0.15, 0.2) is 18.2 Å². The number of benzene rings is 1. The molecule has 4 heteroatoms. The molecule has 1 N–H and O–H groups in total. The van der Waals surface area contributed by atoms with Gasteiger partial charge in [-0.25, -0.2) is 4.39 Å². The number of halogens is 2. The summed E-state index contributed by atoms with van der Waals surface area (Å²) < 4.78 is 13.8. The van der Waals surface area contributed by atoms with E-state index in [-0.39, 0.29) is 5.82 Å². The molecule has 1 atom stereocenters. The lowest BCUT2D eigenvalue weighted by molar-refractivity contribution is 0.355. The van der Waals surface area contributed by atoms with E-state index in [9.17, 15) is 4.39 Å². The third-order valence-electron chi connectivity index (χ3n) is 3.09. The van der Waals surface area contributed by atoms with Gasteiger partial charge in [-0.05, 0) is 64.1 Å². The maximum Gasteiger partial charge on any atom is 0.127 e. The molecule has 0 aliphatic rings. The number of nitrogens with zero attached hydrogens (tertiary/aromatic N) is 1. The van der Waals surface area contributed by atoms with Crippen LogP contribution in [0.2, 0.25) is 5.02 Å². The van der Waals surface area contributed by atoms with Crippen LogP contribution in [0.1, 0.15) is 25.3 Å². The minimum Gasteiger partial charge on any atom is -0.314 e. The zero-order valence-corrected chi connectivity index (χ0v) is 12.8. The Morgan fingerprint density at radius 3 is 2.68 bits per heavy atom. The van der Waals surface area contributed by atoms with E-state index in [4.69, 9.17) is 11.6 Å². The lowest BCUT2D eigenvalue weighted by Crippen LogP contribution is -2.34. The molecule has 108 valence electrons. The van der Waals surface area contributed by atoms with E-state index in [1.165, 1.54) is 6.07 Å². The molecule has 1 rings (SSSR count). The molecule has 0 bridgehead atoms. The monoisotopic (exact) mass is 286 g/mol. The van der Waals surface area contributed by atoms with Gasteiger partial charge in [0.2, 0.25) is 0 Å². The van der Waals surface area contributed by atoms with Gasteiger partial charge in [0, 0.05) is 11.1 Å². The van der Waals surface area contributed by atoms with Gasteiger partial charge < -0.3 is 10.2 Å². The fourth-order valence-electron chi connectivity index (χ4n) is 1.99. The van der Waals surface area contributed by atoms with Crippen LogP contribution in [0, 0.1) is 5.82 Å². The largest absolute Gasteiger partial charge is 0.314 e. The first-order chi connectivity index (χ1) is 9.02. The van der Waals surface area contributed by atoms with E-state index < -0.39 is 0 Å². The van der Waals surface area contributed by atoms with E-state index in [1.807, 2.05) is 0 Å². The summed E-state index contributed by atoms with van der Waals surface area (Å²) in [6.45, 7) is 4.10. The zero-order chi connectivity index (χ0) is 14.3. The Kier molecular flexibility index (Phi) is 7.36. The molecular formula is C15H24ClFN2. The van der Waals surface area contributed by atoms with Gasteiger partial charge in [-0.3, -0.25) is 0 Å². The van der Waals surface area contributed by atoms with Gasteiger partial charge in [-0.2, -0.15) is 0 Å². The molecule has 2 nitrogen and oxygen atoms in total. The van der Waals surface area contributed by atoms with Crippen LogP contribution in [0.5, 0.6) is 0 Å². The van der Waals surface area contributed by atoms with Gasteiger partial charge >= 0.3 is 0 Å². The van der Waals surface area contributed by atoms with Crippen molar-refractivity contribution in [2.45, 2.75) is 32.2 Å². The fraction of sp³-hybridized carbons (Fsp3) is 0.600. The summed E-state index contributed by atoms with van der Waals surface area (Å²) >= 11 is 5.78. The minimum absolute atomic E-state index is 0.208. The normalized spacial score (nSPS) is 12.9. The highest BCUT2D eigenvalue weighted by Crippen LogP contribution is 2.16. The average Bonchev–Trinajstić information content (AvgIpc) is 2.35. The predicted molar refractivity (Wildman–Crippen MR) is 80.4 cm³/mol. The molecule has 0 radical (unpaired) electrons. The maximum absolute atomic E-state index is 13.8. The van der Waals surface area contributed by atoms with Crippen molar-refractivity contribution in [2.75, 3.05) is 27.2 Å². The molecule has 0 aliphatic carbocycles. The molecule has 1 aromatic carbocycles. The second-order valence-corrected chi connectivity index (χ2v) is 5.62. The van der Waals surface area contributed by atoms with E-state index in [1.54, 1.807) is 12.1 Å². The highest BCUT2D eigenvalue weighted by Gasteiger charge is 2.12. The molecule has 1 unspecified atom stereocenters. The van der Waals surface area contributed by atoms with Crippen molar-refractivity contribution >= 4 is 11.6 Å². The van der Waals surface area contributed by atoms with Crippen LogP contribution >= 0.6 is 11.6 Å². The number of hydrogen-bond acceptors (Lipinski definition) is 2. The molecular weight excluding hydrogens is 263 g/mol. The van der Waals surface area contributed by atoms with E-state index >= 15 is 0 Å². The van der Waals surface area contributed by atoms with Gasteiger partial charge in [0.25, 0.3) is 0 Å². The summed E-state index contributed by atoms with van der Waals surface area (Å²) in [6, 6.07) is 5.23. The second kappa shape index (κ2) is 8.51. The van der Waals surface area contributed by atoms with Crippen molar-refractivity contribution in [3.8, 4) is 0 Å². The molecule has 0 aliphatic heterocycles. The molecule has 0 amide bonds. The van der Waals surface area contributed by atoms with Gasteiger partial charge in [-0.1, -0.05) is 24.6 Å². The van der Waals surface area contributed by atoms with Crippen molar-refractivity contribution in [1.82, 2.24) is 10.2 Å². The molecule has 0 saturated carbocycles. The summed E-state index contributed by atoms with van der Waals surface area (Å²) in [5.74, 6) is -0.208. The zero-order valence-electron chi connectivity index (χ0n) is 12.0. The lowest BCUT2D eigenvalue weighted by atomic mass is 10.0. The van der Waals surface area contributed by atoms with Crippen molar-refractivity contribution in [3.05, 3.63) is 34.6 Å². The fourth-order valence-corrected chi connectivity index (χ4v) is 2.15. The van der Waals surface area contributed by atoms with Crippen LogP contribution in [0.4, 0.5) is 4.39 Å². The molecule has 0 heterocycles. The van der Waals surface area contributed by atoms with Crippen molar-refractivity contribution in [2.24, 2.45) is 0 Å². The predicted octanol–water partition coefficient (Wildman–Crippen LogP) is 3.34. The Morgan fingerprint density at radius 1 is 1.37 bits per heavy atom. The van der Waals surface area contributed by atoms with Gasteiger partial charge in [0.05, 0.1) is 0 Å². The van der Waals surface area contributed by atoms with Crippen LogP contribution in [0.25, 0.3) is 0 Å². The lowest BCUT2D eigenvalue weighted by Gasteiger charge is -2.21. The molecule has 0 aromatic heterocycles. The van der Waals surface area contributed by atoms with Gasteiger partial charge in [0.1, 0.15) is 5.82 Å². The quantitative estimate of drug-likeness (QED) is 0.788. The summed E-state index contributed by atoms with van der Waals surface area (Å²) in [7, 11) is 4.11. The average molecular weight is 287 g/mol. The van der Waals surface area contributed by atoms with Crippen molar-refractivity contribution in [3.63, 3.8) is 0 Å². The Hall–Kier alpha value is -0.640. The van der Waals surface area contributed by atoms with E-state index in [0.29, 0.717) is 17.5 Å². The molecule has 1 aromatic rings. The molecule has 0 saturated heterocycles. The summed E-state index contributed by atoms with van der Waals surface area (Å²) in [5.41, 5.74) is 0.733. The van der Waals surface area contributed by atoms with Crippen molar-refractivity contribution < 1.29 is 4.39 Å². The third-order valence-corrected chi connectivity index (χ3v) is 3.32. The highest BCUT2D eigenvalue weighted by molar-refractivity contribution is 6.30. The SMILES string of the molecule is CCCNC(CCN(C)C)Cc1ccc(Cl)cc1F. The van der Waals surface area contributed by atoms with Crippen LogP contribution in [-0.2, 0) is 6.42 Å². The Bertz CT molecular complexity index is 382. The molecule has 19 heavy (non-hydrogen) atoms. The van der Waals surface area contributed by atoms with E-state index in [0.717, 1.165) is 31.5 Å². The van der Waals surface area contributed by atoms with Crippen LogP contribution in [-0.4, -0.2) is 38.1 Å². The van der Waals surface area contributed by atoms with Gasteiger partial charge in [-0.15, -0.1) is 0 Å². The first-order valence-electron chi connectivity index (χ1n) is 6.85. The topological polar surface area (TPSA) is 15.3 Å². The van der Waals surface area contributed by atoms with E-state index in [2.05, 4.69) is 31.2 Å². The third kappa shape index (κ3) is 6.37.